The van der Waals surface area contributed by atoms with Crippen LogP contribution in [0.5, 0.6) is 11.5 Å². The van der Waals surface area contributed by atoms with Gasteiger partial charge in [-0.1, -0.05) is 42.0 Å². The zero-order valence-corrected chi connectivity index (χ0v) is 14.6. The van der Waals surface area contributed by atoms with E-state index < -0.39 is 0 Å². The zero-order chi connectivity index (χ0) is 17.6. The maximum absolute atomic E-state index is 12.5. The molecule has 25 heavy (non-hydrogen) atoms. The first-order chi connectivity index (χ1) is 12.2. The first kappa shape index (κ1) is 17.1. The van der Waals surface area contributed by atoms with Crippen LogP contribution >= 0.6 is 0 Å². The summed E-state index contributed by atoms with van der Waals surface area (Å²) in [4.78, 5) is 14.3. The van der Waals surface area contributed by atoms with E-state index in [2.05, 4.69) is 6.07 Å². The largest absolute Gasteiger partial charge is 0.486 e. The van der Waals surface area contributed by atoms with Gasteiger partial charge in [0.15, 0.2) is 17.6 Å². The van der Waals surface area contributed by atoms with Gasteiger partial charge in [-0.25, -0.2) is 0 Å². The molecule has 1 aliphatic heterocycles. The molecule has 1 aliphatic rings. The first-order valence-corrected chi connectivity index (χ1v) is 8.58. The summed E-state index contributed by atoms with van der Waals surface area (Å²) in [6.07, 6.45) is 3.31. The number of carbonyl (C=O) groups is 1. The number of hydrogen-bond acceptors (Lipinski definition) is 3. The number of hydrogen-bond donors (Lipinski definition) is 0. The van der Waals surface area contributed by atoms with Crippen LogP contribution in [0, 0.1) is 6.92 Å². The van der Waals surface area contributed by atoms with Crippen LogP contribution in [0.3, 0.4) is 0 Å². The molecule has 4 heteroatoms. The van der Waals surface area contributed by atoms with Crippen molar-refractivity contribution < 1.29 is 14.3 Å². The number of benzene rings is 2. The Hall–Kier alpha value is -2.75. The van der Waals surface area contributed by atoms with E-state index in [4.69, 9.17) is 9.47 Å². The summed E-state index contributed by atoms with van der Waals surface area (Å²) in [6, 6.07) is 15.7. The molecular formula is C21H23NO3. The van der Waals surface area contributed by atoms with Gasteiger partial charge in [-0.3, -0.25) is 4.79 Å². The molecule has 0 bridgehead atoms. The molecule has 1 heterocycles. The number of fused-ring (bicyclic) bond motifs is 1. The number of rotatable bonds is 5. The second-order valence-electron chi connectivity index (χ2n) is 6.12. The lowest BCUT2D eigenvalue weighted by atomic mass is 10.1. The van der Waals surface area contributed by atoms with Crippen molar-refractivity contribution in [3.05, 3.63) is 65.7 Å². The average Bonchev–Trinajstić information content (AvgIpc) is 2.64. The molecule has 0 saturated heterocycles. The highest BCUT2D eigenvalue weighted by Crippen LogP contribution is 2.31. The van der Waals surface area contributed by atoms with E-state index in [1.807, 2.05) is 62.4 Å². The van der Waals surface area contributed by atoms with E-state index in [1.54, 1.807) is 11.0 Å². The van der Waals surface area contributed by atoms with Crippen molar-refractivity contribution in [1.29, 1.82) is 0 Å². The minimum absolute atomic E-state index is 0.0218. The zero-order valence-electron chi connectivity index (χ0n) is 14.6. The molecule has 130 valence electrons. The Morgan fingerprint density at radius 2 is 2.00 bits per heavy atom. The summed E-state index contributed by atoms with van der Waals surface area (Å²) < 4.78 is 11.7. The Bertz CT molecular complexity index is 769. The molecule has 0 spiro atoms. The minimum atomic E-state index is -0.161. The van der Waals surface area contributed by atoms with E-state index in [0.717, 1.165) is 17.1 Å². The summed E-state index contributed by atoms with van der Waals surface area (Å²) in [5.74, 6) is 1.47. The number of nitrogens with zero attached hydrogens (tertiary/aromatic N) is 1. The van der Waals surface area contributed by atoms with Crippen LogP contribution in [0.2, 0.25) is 0 Å². The Morgan fingerprint density at radius 1 is 1.20 bits per heavy atom. The number of carbonyl (C=O) groups excluding carboxylic acids is 1. The molecular weight excluding hydrogens is 314 g/mol. The summed E-state index contributed by atoms with van der Waals surface area (Å²) in [5.41, 5.74) is 2.20. The molecule has 0 aromatic heterocycles. The third-order valence-corrected chi connectivity index (χ3v) is 4.15. The predicted octanol–water partition coefficient (Wildman–Crippen LogP) is 3.70. The lowest BCUT2D eigenvalue weighted by Crippen LogP contribution is -2.43. The molecule has 3 rings (SSSR count). The summed E-state index contributed by atoms with van der Waals surface area (Å²) in [7, 11) is 0. The van der Waals surface area contributed by atoms with E-state index in [-0.39, 0.29) is 12.0 Å². The molecule has 1 amide bonds. The topological polar surface area (TPSA) is 38.8 Å². The molecule has 0 N–H and O–H groups in total. The molecule has 2 aromatic rings. The highest BCUT2D eigenvalue weighted by Gasteiger charge is 2.23. The summed E-state index contributed by atoms with van der Waals surface area (Å²) >= 11 is 0. The number of ether oxygens (including phenoxy) is 2. The maximum Gasteiger partial charge on any atom is 0.246 e. The van der Waals surface area contributed by atoms with Crippen molar-refractivity contribution in [1.82, 2.24) is 4.90 Å². The average molecular weight is 337 g/mol. The molecule has 0 fully saturated rings. The van der Waals surface area contributed by atoms with Gasteiger partial charge in [-0.05, 0) is 37.6 Å². The Morgan fingerprint density at radius 3 is 2.76 bits per heavy atom. The van der Waals surface area contributed by atoms with Gasteiger partial charge in [-0.2, -0.15) is 0 Å². The van der Waals surface area contributed by atoms with Crippen LogP contribution in [0.1, 0.15) is 18.1 Å². The fourth-order valence-electron chi connectivity index (χ4n) is 2.82. The van der Waals surface area contributed by atoms with Gasteiger partial charge >= 0.3 is 0 Å². The summed E-state index contributed by atoms with van der Waals surface area (Å²) in [5, 5.41) is 0. The quantitative estimate of drug-likeness (QED) is 0.781. The minimum Gasteiger partial charge on any atom is -0.486 e. The van der Waals surface area contributed by atoms with Crippen LogP contribution in [0.25, 0.3) is 6.08 Å². The fraction of sp³-hybridized carbons (Fsp3) is 0.286. The van der Waals surface area contributed by atoms with Crippen LogP contribution in [0.4, 0.5) is 0 Å². The van der Waals surface area contributed by atoms with Crippen molar-refractivity contribution >= 4 is 12.0 Å². The van der Waals surface area contributed by atoms with E-state index >= 15 is 0 Å². The maximum atomic E-state index is 12.5. The molecule has 0 radical (unpaired) electrons. The van der Waals surface area contributed by atoms with Crippen molar-refractivity contribution in [3.63, 3.8) is 0 Å². The molecule has 1 atom stereocenters. The lowest BCUT2D eigenvalue weighted by molar-refractivity contribution is -0.127. The van der Waals surface area contributed by atoms with E-state index in [0.29, 0.717) is 19.7 Å². The lowest BCUT2D eigenvalue weighted by Gasteiger charge is -2.30. The van der Waals surface area contributed by atoms with Gasteiger partial charge in [0.05, 0.1) is 6.54 Å². The van der Waals surface area contributed by atoms with Gasteiger partial charge in [0.2, 0.25) is 5.91 Å². The highest BCUT2D eigenvalue weighted by atomic mass is 16.6. The van der Waals surface area contributed by atoms with Crippen molar-refractivity contribution in [2.75, 3.05) is 19.7 Å². The Balaban J connectivity index is 1.61. The molecule has 0 aliphatic carbocycles. The van der Waals surface area contributed by atoms with Gasteiger partial charge in [0.1, 0.15) is 6.61 Å². The van der Waals surface area contributed by atoms with Gasteiger partial charge < -0.3 is 14.4 Å². The number of likely N-dealkylation sites (N-methyl/N-ethyl adjacent to an activating group) is 1. The third kappa shape index (κ3) is 4.41. The van der Waals surface area contributed by atoms with Crippen molar-refractivity contribution in [2.24, 2.45) is 0 Å². The first-order valence-electron chi connectivity index (χ1n) is 8.58. The normalized spacial score (nSPS) is 16.0. The molecule has 2 aromatic carbocycles. The second-order valence-corrected chi connectivity index (χ2v) is 6.12. The molecule has 4 nitrogen and oxygen atoms in total. The van der Waals surface area contributed by atoms with Gasteiger partial charge in [0, 0.05) is 12.6 Å². The van der Waals surface area contributed by atoms with Crippen LogP contribution in [0.15, 0.2) is 54.6 Å². The number of para-hydroxylation sites is 2. The molecule has 1 unspecified atom stereocenters. The van der Waals surface area contributed by atoms with Crippen LogP contribution in [-0.4, -0.2) is 36.6 Å². The number of aryl methyl sites for hydroxylation is 1. The van der Waals surface area contributed by atoms with Crippen LogP contribution in [-0.2, 0) is 4.79 Å². The van der Waals surface area contributed by atoms with E-state index in [1.165, 1.54) is 5.56 Å². The molecule has 0 saturated carbocycles. The predicted molar refractivity (Wildman–Crippen MR) is 98.8 cm³/mol. The third-order valence-electron chi connectivity index (χ3n) is 4.15. The highest BCUT2D eigenvalue weighted by molar-refractivity contribution is 5.91. The van der Waals surface area contributed by atoms with E-state index in [9.17, 15) is 4.79 Å². The van der Waals surface area contributed by atoms with Crippen molar-refractivity contribution in [3.8, 4) is 11.5 Å². The van der Waals surface area contributed by atoms with Crippen LogP contribution < -0.4 is 9.47 Å². The SMILES string of the molecule is CCN(CC1COc2ccccc2O1)C(=O)/C=C/c1cccc(C)c1. The second kappa shape index (κ2) is 7.88. The smallest absolute Gasteiger partial charge is 0.246 e. The van der Waals surface area contributed by atoms with Gasteiger partial charge in [0.25, 0.3) is 0 Å². The Labute approximate surface area is 148 Å². The fourth-order valence-corrected chi connectivity index (χ4v) is 2.82. The Kier molecular flexibility index (Phi) is 5.39. The monoisotopic (exact) mass is 337 g/mol. The summed E-state index contributed by atoms with van der Waals surface area (Å²) in [6.45, 7) is 5.58. The number of amides is 1. The van der Waals surface area contributed by atoms with Crippen molar-refractivity contribution in [2.45, 2.75) is 20.0 Å². The van der Waals surface area contributed by atoms with Gasteiger partial charge in [-0.15, -0.1) is 0 Å². The standard InChI is InChI=1S/C21H23NO3/c1-3-22(21(23)12-11-17-8-6-7-16(2)13-17)14-18-15-24-19-9-4-5-10-20(19)25-18/h4-13,18H,3,14-15H2,1-2H3/b12-11+.